The van der Waals surface area contributed by atoms with Crippen molar-refractivity contribution in [3.05, 3.63) is 0 Å². The van der Waals surface area contributed by atoms with Crippen molar-refractivity contribution < 1.29 is 58.8 Å². The fourth-order valence-corrected chi connectivity index (χ4v) is 2.98. The molecule has 24 heteroatoms. The Morgan fingerprint density at radius 2 is 0.458 bits per heavy atom. The fraction of sp³-hybridized carbons (Fsp3) is 0.667. The zero-order valence-corrected chi connectivity index (χ0v) is 26.8. The summed E-state index contributed by atoms with van der Waals surface area (Å²) in [6.45, 7) is 1.30. The topological polar surface area (TPSA) is 439 Å². The van der Waals surface area contributed by atoms with Gasteiger partial charge in [-0.3, -0.25) is 58.0 Å². The van der Waals surface area contributed by atoms with Crippen molar-refractivity contribution in [2.75, 3.05) is 105 Å². The second-order valence-electron chi connectivity index (χ2n) is 9.36. The van der Waals surface area contributed by atoms with Gasteiger partial charge in [-0.05, 0) is 0 Å². The molecule has 0 saturated carbocycles. The normalized spacial score (nSPS) is 14.4. The van der Waals surface area contributed by atoms with Gasteiger partial charge in [0.05, 0.1) is 52.4 Å². The summed E-state index contributed by atoms with van der Waals surface area (Å²) in [5.41, 5.74) is 36.9. The van der Waals surface area contributed by atoms with E-state index in [2.05, 4.69) is 22.9 Å². The van der Waals surface area contributed by atoms with Gasteiger partial charge < -0.3 is 66.3 Å². The average Bonchev–Trinajstić information content (AvgIpc) is 2.98. The molecule has 4 amide bonds. The Morgan fingerprint density at radius 1 is 0.354 bits per heavy atom. The van der Waals surface area contributed by atoms with Crippen LogP contribution in [-0.2, 0) is 38.4 Å². The van der Waals surface area contributed by atoms with Crippen molar-refractivity contribution in [1.82, 2.24) is 19.6 Å². The van der Waals surface area contributed by atoms with Gasteiger partial charge in [-0.25, -0.2) is 0 Å². The van der Waals surface area contributed by atoms with Crippen LogP contribution >= 0.6 is 0 Å². The van der Waals surface area contributed by atoms with Gasteiger partial charge >= 0.3 is 23.9 Å². The van der Waals surface area contributed by atoms with Crippen molar-refractivity contribution in [2.45, 2.75) is 0 Å². The number of carbonyl (C=O) groups excluding carboxylic acids is 4. The van der Waals surface area contributed by atoms with Crippen molar-refractivity contribution in [3.63, 3.8) is 0 Å². The summed E-state index contributed by atoms with van der Waals surface area (Å²) >= 11 is 0. The fourth-order valence-electron chi connectivity index (χ4n) is 2.98. The molecule has 0 spiro atoms. The SMILES string of the molecule is NCC(N)=O.NCC(N)=O.NCC(N)=O.NCC(N)=O.O=C(O)CN1CCN(CC(=O)O)CCN(CC(=O)O)CCN(CC(=O)O)CC1. The van der Waals surface area contributed by atoms with Gasteiger partial charge in [0.1, 0.15) is 0 Å². The van der Waals surface area contributed by atoms with Crippen molar-refractivity contribution in [1.29, 1.82) is 0 Å². The maximum absolute atomic E-state index is 11.1. The zero-order chi connectivity index (χ0) is 38.2. The molecule has 0 radical (unpaired) electrons. The van der Waals surface area contributed by atoms with E-state index in [1.807, 2.05) is 0 Å². The van der Waals surface area contributed by atoms with Crippen LogP contribution in [0.1, 0.15) is 0 Å². The summed E-state index contributed by atoms with van der Waals surface area (Å²) in [6.07, 6.45) is 0. The van der Waals surface area contributed by atoms with Crippen LogP contribution < -0.4 is 45.9 Å². The second kappa shape index (κ2) is 32.4. The highest BCUT2D eigenvalue weighted by Crippen LogP contribution is 2.01. The number of aliphatic carboxylic acids is 4. The standard InChI is InChI=1S/C16H28N4O8.4C2H6N2O/c21-13(22)9-17-1-2-18(10-14(23)24)5-6-20(12-16(27)28)8-7-19(4-3-17)11-15(25)26;4*3-1-2(4)5/h1-12H2,(H,21,22)(H,23,24)(H,25,26)(H,27,28);4*1,3H2,(H2,4,5). The van der Waals surface area contributed by atoms with Crippen LogP contribution in [0.15, 0.2) is 0 Å². The lowest BCUT2D eigenvalue weighted by molar-refractivity contribution is -0.141. The highest BCUT2D eigenvalue weighted by Gasteiger charge is 2.20. The quantitative estimate of drug-likeness (QED) is 0.0898. The van der Waals surface area contributed by atoms with E-state index in [4.69, 9.17) is 43.4 Å². The van der Waals surface area contributed by atoms with Crippen molar-refractivity contribution in [2.24, 2.45) is 45.9 Å². The third-order valence-electron chi connectivity index (χ3n) is 5.17. The number of hydrogen-bond acceptors (Lipinski definition) is 16. The summed E-state index contributed by atoms with van der Waals surface area (Å²) in [6, 6.07) is 0. The summed E-state index contributed by atoms with van der Waals surface area (Å²) in [4.78, 5) is 88.8. The first-order chi connectivity index (χ1) is 22.2. The lowest BCUT2D eigenvalue weighted by atomic mass is 10.3. The van der Waals surface area contributed by atoms with E-state index in [1.54, 1.807) is 19.6 Å². The molecule has 0 aromatic heterocycles. The van der Waals surface area contributed by atoms with Crippen LogP contribution in [0.2, 0.25) is 0 Å². The van der Waals surface area contributed by atoms with Gasteiger partial charge in [-0.2, -0.15) is 0 Å². The molecule has 1 aliphatic rings. The Morgan fingerprint density at radius 3 is 0.521 bits per heavy atom. The molecule has 0 aromatic rings. The Kier molecular flexibility index (Phi) is 33.9. The monoisotopic (exact) mass is 700 g/mol. The number of carbonyl (C=O) groups is 8. The van der Waals surface area contributed by atoms with E-state index in [-0.39, 0.29) is 52.4 Å². The number of rotatable bonds is 12. The largest absolute Gasteiger partial charge is 0.480 e. The molecular weight excluding hydrogens is 648 g/mol. The van der Waals surface area contributed by atoms with E-state index in [0.717, 1.165) is 0 Å². The Hall–Kier alpha value is -4.56. The van der Waals surface area contributed by atoms with Crippen LogP contribution in [-0.4, -0.2) is 192 Å². The van der Waals surface area contributed by atoms with E-state index < -0.39 is 47.5 Å². The van der Waals surface area contributed by atoms with Gasteiger partial charge in [0.15, 0.2) is 0 Å². The minimum Gasteiger partial charge on any atom is -0.480 e. The number of nitrogens with zero attached hydrogens (tertiary/aromatic N) is 4. The van der Waals surface area contributed by atoms with Gasteiger partial charge in [0, 0.05) is 52.4 Å². The number of hydrogen-bond donors (Lipinski definition) is 12. The molecule has 280 valence electrons. The lowest BCUT2D eigenvalue weighted by Crippen LogP contribution is -2.49. The highest BCUT2D eigenvalue weighted by atomic mass is 16.4. The maximum Gasteiger partial charge on any atom is 0.317 e. The van der Waals surface area contributed by atoms with Crippen molar-refractivity contribution in [3.8, 4) is 0 Å². The van der Waals surface area contributed by atoms with E-state index in [9.17, 15) is 38.4 Å². The molecule has 24 nitrogen and oxygen atoms in total. The van der Waals surface area contributed by atoms with Gasteiger partial charge in [0.2, 0.25) is 23.6 Å². The molecule has 48 heavy (non-hydrogen) atoms. The molecule has 0 bridgehead atoms. The molecule has 1 rings (SSSR count). The number of amides is 4. The first-order valence-electron chi connectivity index (χ1n) is 13.9. The van der Waals surface area contributed by atoms with Crippen LogP contribution in [0, 0.1) is 0 Å². The van der Waals surface area contributed by atoms with Gasteiger partial charge in [-0.15, -0.1) is 0 Å². The number of primary amides is 4. The molecule has 0 unspecified atom stereocenters. The molecule has 1 saturated heterocycles. The van der Waals surface area contributed by atoms with Crippen LogP contribution in [0.5, 0.6) is 0 Å². The highest BCUT2D eigenvalue weighted by molar-refractivity contribution is 5.76. The first kappa shape index (κ1) is 50.3. The Balaban J connectivity index is -0.000000390. The Labute approximate surface area is 276 Å². The number of carboxylic acid groups (broad SMARTS) is 4. The number of carboxylic acids is 4. The summed E-state index contributed by atoms with van der Waals surface area (Å²) in [7, 11) is 0. The number of nitrogens with two attached hydrogens (primary N) is 8. The molecular formula is C24H52N12O12. The van der Waals surface area contributed by atoms with Crippen LogP contribution in [0.4, 0.5) is 0 Å². The lowest BCUT2D eigenvalue weighted by Gasteiger charge is -2.32. The molecule has 0 atom stereocenters. The van der Waals surface area contributed by atoms with E-state index >= 15 is 0 Å². The molecule has 1 aliphatic heterocycles. The Bertz CT molecular complexity index is 822. The molecule has 1 fully saturated rings. The van der Waals surface area contributed by atoms with E-state index in [1.165, 1.54) is 0 Å². The smallest absolute Gasteiger partial charge is 0.317 e. The predicted octanol–water partition coefficient (Wildman–Crippen LogP) is -8.73. The first-order valence-corrected chi connectivity index (χ1v) is 13.9. The van der Waals surface area contributed by atoms with Crippen LogP contribution in [0.25, 0.3) is 0 Å². The molecule has 0 aliphatic carbocycles. The predicted molar refractivity (Wildman–Crippen MR) is 169 cm³/mol. The third kappa shape index (κ3) is 43.6. The van der Waals surface area contributed by atoms with E-state index in [0.29, 0.717) is 52.4 Å². The molecule has 20 N–H and O–H groups in total. The average molecular weight is 701 g/mol. The molecule has 1 heterocycles. The van der Waals surface area contributed by atoms with Gasteiger partial charge in [-0.1, -0.05) is 0 Å². The maximum atomic E-state index is 11.1. The minimum absolute atomic E-state index is 0.0556. The minimum atomic E-state index is -1.02. The van der Waals surface area contributed by atoms with Gasteiger partial charge in [0.25, 0.3) is 0 Å². The summed E-state index contributed by atoms with van der Waals surface area (Å²) in [5, 5.41) is 36.3. The van der Waals surface area contributed by atoms with Crippen molar-refractivity contribution >= 4 is 47.5 Å². The summed E-state index contributed by atoms with van der Waals surface area (Å²) < 4.78 is 0. The second-order valence-corrected chi connectivity index (χ2v) is 9.36. The third-order valence-corrected chi connectivity index (χ3v) is 5.17. The zero-order valence-electron chi connectivity index (χ0n) is 26.8. The van der Waals surface area contributed by atoms with Crippen LogP contribution in [0.3, 0.4) is 0 Å². The molecule has 0 aromatic carbocycles. The summed E-state index contributed by atoms with van der Waals surface area (Å²) in [5.74, 6) is -5.95.